The van der Waals surface area contributed by atoms with Gasteiger partial charge in [-0.05, 0) is 35.2 Å². The van der Waals surface area contributed by atoms with Crippen molar-refractivity contribution in [2.75, 3.05) is 26.2 Å². The number of amides is 2. The molecule has 1 atom stereocenters. The first-order valence-electron chi connectivity index (χ1n) is 10.9. The third-order valence-electron chi connectivity index (χ3n) is 5.59. The molecule has 166 valence electrons. The fourth-order valence-electron chi connectivity index (χ4n) is 3.95. The molecule has 1 N–H and O–H groups in total. The quantitative estimate of drug-likeness (QED) is 0.732. The summed E-state index contributed by atoms with van der Waals surface area (Å²) in [5, 5.41) is 2.97. The summed E-state index contributed by atoms with van der Waals surface area (Å²) in [7, 11) is 0. The predicted octanol–water partition coefficient (Wildman–Crippen LogP) is 3.82. The summed E-state index contributed by atoms with van der Waals surface area (Å²) in [6, 6.07) is 14.1. The van der Waals surface area contributed by atoms with Crippen LogP contribution >= 0.6 is 0 Å². The van der Waals surface area contributed by atoms with Crippen LogP contribution in [0, 0.1) is 11.7 Å². The molecule has 1 unspecified atom stereocenters. The molecule has 1 aliphatic rings. The van der Waals surface area contributed by atoms with Gasteiger partial charge in [0.25, 0.3) is 5.91 Å². The van der Waals surface area contributed by atoms with Crippen LogP contribution in [0.25, 0.3) is 11.1 Å². The van der Waals surface area contributed by atoms with Gasteiger partial charge in [0.15, 0.2) is 5.60 Å². The van der Waals surface area contributed by atoms with Crippen LogP contribution in [-0.2, 0) is 20.7 Å². The molecule has 0 spiro atoms. The molecule has 1 heterocycles. The van der Waals surface area contributed by atoms with E-state index in [1.54, 1.807) is 17.0 Å². The van der Waals surface area contributed by atoms with Gasteiger partial charge < -0.3 is 15.0 Å². The zero-order valence-electron chi connectivity index (χ0n) is 18.5. The number of morpholine rings is 1. The summed E-state index contributed by atoms with van der Waals surface area (Å²) in [5.41, 5.74) is 1.53. The largest absolute Gasteiger partial charge is 0.361 e. The molecule has 1 aliphatic heterocycles. The normalized spacial score (nSPS) is 18.8. The van der Waals surface area contributed by atoms with Gasteiger partial charge >= 0.3 is 0 Å². The Balaban J connectivity index is 1.97. The summed E-state index contributed by atoms with van der Waals surface area (Å²) in [6.45, 7) is 7.24. The average molecular weight is 427 g/mol. The van der Waals surface area contributed by atoms with Crippen LogP contribution < -0.4 is 5.32 Å². The number of hydrogen-bond donors (Lipinski definition) is 1. The first-order valence-corrected chi connectivity index (χ1v) is 10.9. The van der Waals surface area contributed by atoms with E-state index in [4.69, 9.17) is 4.74 Å². The van der Waals surface area contributed by atoms with Crippen molar-refractivity contribution in [3.63, 3.8) is 0 Å². The summed E-state index contributed by atoms with van der Waals surface area (Å²) in [6.07, 6.45) is 1.13. The zero-order chi connectivity index (χ0) is 22.4. The van der Waals surface area contributed by atoms with E-state index in [1.807, 2.05) is 45.0 Å². The number of nitrogens with zero attached hydrogens (tertiary/aromatic N) is 1. The lowest BCUT2D eigenvalue weighted by molar-refractivity contribution is -0.167. The molecule has 1 saturated heterocycles. The first-order chi connectivity index (χ1) is 14.9. The summed E-state index contributed by atoms with van der Waals surface area (Å²) in [4.78, 5) is 27.7. The third-order valence-corrected chi connectivity index (χ3v) is 5.59. The van der Waals surface area contributed by atoms with Crippen LogP contribution in [0.3, 0.4) is 0 Å². The monoisotopic (exact) mass is 426 g/mol. The van der Waals surface area contributed by atoms with Crippen molar-refractivity contribution in [3.05, 3.63) is 59.9 Å². The van der Waals surface area contributed by atoms with E-state index in [-0.39, 0.29) is 30.1 Å². The molecular weight excluding hydrogens is 395 g/mol. The van der Waals surface area contributed by atoms with E-state index in [1.165, 1.54) is 12.1 Å². The standard InChI is InChI=1S/C25H31FN2O3/c1-4-13-27-24(30)25(17-28(14-15-31-25)23(29)18(2)3)16-20-7-5-6-8-22(20)19-9-11-21(26)12-10-19/h5-12,18H,4,13-17H2,1-3H3,(H,27,30). The Kier molecular flexibility index (Phi) is 7.44. The number of benzene rings is 2. The van der Waals surface area contributed by atoms with Gasteiger partial charge in [-0.3, -0.25) is 9.59 Å². The van der Waals surface area contributed by atoms with Gasteiger partial charge in [0.05, 0.1) is 13.2 Å². The molecule has 0 radical (unpaired) electrons. The summed E-state index contributed by atoms with van der Waals surface area (Å²) >= 11 is 0. The van der Waals surface area contributed by atoms with Gasteiger partial charge in [-0.1, -0.05) is 57.2 Å². The second kappa shape index (κ2) is 10.1. The Morgan fingerprint density at radius 2 is 1.87 bits per heavy atom. The van der Waals surface area contributed by atoms with Gasteiger partial charge in [-0.2, -0.15) is 0 Å². The molecule has 2 aromatic carbocycles. The second-order valence-corrected chi connectivity index (χ2v) is 8.35. The average Bonchev–Trinajstić information content (AvgIpc) is 2.78. The van der Waals surface area contributed by atoms with Crippen molar-refractivity contribution in [3.8, 4) is 11.1 Å². The van der Waals surface area contributed by atoms with E-state index in [9.17, 15) is 14.0 Å². The Morgan fingerprint density at radius 3 is 2.55 bits per heavy atom. The minimum absolute atomic E-state index is 0.0165. The van der Waals surface area contributed by atoms with Crippen molar-refractivity contribution in [2.45, 2.75) is 39.2 Å². The molecule has 2 amide bonds. The number of ether oxygens (including phenoxy) is 1. The van der Waals surface area contributed by atoms with Gasteiger partial charge in [0.2, 0.25) is 5.91 Å². The van der Waals surface area contributed by atoms with Crippen LogP contribution in [-0.4, -0.2) is 48.6 Å². The van der Waals surface area contributed by atoms with Crippen molar-refractivity contribution < 1.29 is 18.7 Å². The number of nitrogens with one attached hydrogen (secondary N) is 1. The highest BCUT2D eigenvalue weighted by molar-refractivity contribution is 5.88. The topological polar surface area (TPSA) is 58.6 Å². The van der Waals surface area contributed by atoms with Gasteiger partial charge in [0, 0.05) is 25.4 Å². The summed E-state index contributed by atoms with van der Waals surface area (Å²) < 4.78 is 19.6. The van der Waals surface area contributed by atoms with Crippen molar-refractivity contribution >= 4 is 11.8 Å². The fraction of sp³-hybridized carbons (Fsp3) is 0.440. The smallest absolute Gasteiger partial charge is 0.254 e. The van der Waals surface area contributed by atoms with Crippen LogP contribution in [0.4, 0.5) is 4.39 Å². The van der Waals surface area contributed by atoms with Crippen molar-refractivity contribution in [1.82, 2.24) is 10.2 Å². The van der Waals surface area contributed by atoms with Crippen LogP contribution in [0.15, 0.2) is 48.5 Å². The summed E-state index contributed by atoms with van der Waals surface area (Å²) in [5.74, 6) is -0.636. The Bertz CT molecular complexity index is 913. The lowest BCUT2D eigenvalue weighted by Gasteiger charge is -2.42. The molecule has 31 heavy (non-hydrogen) atoms. The lowest BCUT2D eigenvalue weighted by atomic mass is 9.87. The number of hydrogen-bond acceptors (Lipinski definition) is 3. The van der Waals surface area contributed by atoms with E-state index in [2.05, 4.69) is 5.32 Å². The third kappa shape index (κ3) is 5.31. The molecule has 0 saturated carbocycles. The maximum Gasteiger partial charge on any atom is 0.254 e. The Labute approximate surface area is 183 Å². The number of rotatable bonds is 7. The maximum absolute atomic E-state index is 13.4. The van der Waals surface area contributed by atoms with Gasteiger partial charge in [-0.25, -0.2) is 4.39 Å². The van der Waals surface area contributed by atoms with Crippen molar-refractivity contribution in [2.24, 2.45) is 5.92 Å². The molecule has 0 aromatic heterocycles. The highest BCUT2D eigenvalue weighted by atomic mass is 19.1. The molecule has 0 aliphatic carbocycles. The van der Waals surface area contributed by atoms with E-state index in [0.717, 1.165) is 23.1 Å². The molecule has 3 rings (SSSR count). The lowest BCUT2D eigenvalue weighted by Crippen LogP contribution is -2.62. The number of carbonyl (C=O) groups excluding carboxylic acids is 2. The van der Waals surface area contributed by atoms with Crippen LogP contribution in [0.5, 0.6) is 0 Å². The minimum Gasteiger partial charge on any atom is -0.361 e. The number of carbonyl (C=O) groups is 2. The highest BCUT2D eigenvalue weighted by Gasteiger charge is 2.45. The fourth-order valence-corrected chi connectivity index (χ4v) is 3.95. The molecule has 1 fully saturated rings. The molecule has 0 bridgehead atoms. The molecule has 5 nitrogen and oxygen atoms in total. The highest BCUT2D eigenvalue weighted by Crippen LogP contribution is 2.31. The van der Waals surface area contributed by atoms with E-state index >= 15 is 0 Å². The first kappa shape index (κ1) is 22.9. The predicted molar refractivity (Wildman–Crippen MR) is 119 cm³/mol. The van der Waals surface area contributed by atoms with Crippen LogP contribution in [0.1, 0.15) is 32.8 Å². The van der Waals surface area contributed by atoms with Crippen molar-refractivity contribution in [1.29, 1.82) is 0 Å². The Hall–Kier alpha value is -2.73. The Morgan fingerprint density at radius 1 is 1.16 bits per heavy atom. The van der Waals surface area contributed by atoms with E-state index in [0.29, 0.717) is 26.1 Å². The van der Waals surface area contributed by atoms with Crippen LogP contribution in [0.2, 0.25) is 0 Å². The SMILES string of the molecule is CCCNC(=O)C1(Cc2ccccc2-c2ccc(F)cc2)CN(C(=O)C(C)C)CCO1. The maximum atomic E-state index is 13.4. The second-order valence-electron chi connectivity index (χ2n) is 8.35. The molecule has 2 aromatic rings. The zero-order valence-corrected chi connectivity index (χ0v) is 18.5. The van der Waals surface area contributed by atoms with Gasteiger partial charge in [0.1, 0.15) is 5.82 Å². The minimum atomic E-state index is -1.17. The van der Waals surface area contributed by atoms with E-state index < -0.39 is 5.60 Å². The molecule has 6 heteroatoms. The molecular formula is C25H31FN2O3. The number of halogens is 1. The van der Waals surface area contributed by atoms with Gasteiger partial charge in [-0.15, -0.1) is 0 Å².